The molecule has 0 fully saturated rings. The number of hydrogen-bond donors (Lipinski definition) is 1. The minimum Gasteiger partial charge on any atom is -0.469 e. The second kappa shape index (κ2) is 7.00. The van der Waals surface area contributed by atoms with Gasteiger partial charge in [0, 0.05) is 13.1 Å². The highest BCUT2D eigenvalue weighted by Crippen LogP contribution is 2.25. The van der Waals surface area contributed by atoms with Crippen LogP contribution in [0.4, 0.5) is 0 Å². The number of carbonyl (C=O) groups is 1. The molecule has 0 aliphatic rings. The van der Waals surface area contributed by atoms with Gasteiger partial charge in [0.05, 0.1) is 17.6 Å². The normalized spacial score (nSPS) is 12.6. The van der Waals surface area contributed by atoms with Crippen LogP contribution < -0.4 is 5.32 Å². The van der Waals surface area contributed by atoms with Crippen LogP contribution in [0.5, 0.6) is 0 Å². The van der Waals surface area contributed by atoms with E-state index < -0.39 is 0 Å². The average molecular weight is 322 g/mol. The van der Waals surface area contributed by atoms with Gasteiger partial charge in [-0.1, -0.05) is 25.6 Å². The van der Waals surface area contributed by atoms with Gasteiger partial charge in [-0.15, -0.1) is 10.2 Å². The van der Waals surface area contributed by atoms with Crippen LogP contribution in [0.15, 0.2) is 21.9 Å². The first-order valence-corrected chi connectivity index (χ1v) is 8.24. The largest absolute Gasteiger partial charge is 0.469 e. The molecule has 1 amide bonds. The molecule has 0 radical (unpaired) electrons. The predicted octanol–water partition coefficient (Wildman–Crippen LogP) is 2.64. The van der Waals surface area contributed by atoms with E-state index in [0.717, 1.165) is 17.1 Å². The molecule has 0 saturated heterocycles. The van der Waals surface area contributed by atoms with E-state index in [1.165, 1.54) is 11.8 Å². The second-order valence-electron chi connectivity index (χ2n) is 5.64. The van der Waals surface area contributed by atoms with Crippen LogP contribution in [0.25, 0.3) is 11.4 Å². The Bertz CT molecular complexity index is 648. The van der Waals surface area contributed by atoms with Gasteiger partial charge in [-0.2, -0.15) is 0 Å². The van der Waals surface area contributed by atoms with Crippen molar-refractivity contribution in [3.63, 3.8) is 0 Å². The van der Waals surface area contributed by atoms with E-state index in [4.69, 9.17) is 4.42 Å². The van der Waals surface area contributed by atoms with Crippen molar-refractivity contribution in [2.75, 3.05) is 5.75 Å². The summed E-state index contributed by atoms with van der Waals surface area (Å²) in [5, 5.41) is 12.0. The minimum absolute atomic E-state index is 0.00948. The Morgan fingerprint density at radius 1 is 1.41 bits per heavy atom. The molecule has 6 nitrogen and oxygen atoms in total. The van der Waals surface area contributed by atoms with Crippen molar-refractivity contribution >= 4 is 17.7 Å². The zero-order valence-electron chi connectivity index (χ0n) is 13.6. The number of aromatic nitrogens is 3. The lowest BCUT2D eigenvalue weighted by Gasteiger charge is -2.17. The molecule has 0 spiro atoms. The van der Waals surface area contributed by atoms with Crippen LogP contribution in [0.2, 0.25) is 0 Å². The molecule has 2 rings (SSSR count). The first-order valence-electron chi connectivity index (χ1n) is 7.26. The third-order valence-corrected chi connectivity index (χ3v) is 4.68. The fourth-order valence-corrected chi connectivity index (χ4v) is 2.61. The van der Waals surface area contributed by atoms with Crippen LogP contribution >= 0.6 is 11.8 Å². The molecule has 0 saturated carbocycles. The lowest BCUT2D eigenvalue weighted by atomic mass is 10.1. The van der Waals surface area contributed by atoms with Gasteiger partial charge >= 0.3 is 0 Å². The minimum atomic E-state index is 0.00948. The fourth-order valence-electron chi connectivity index (χ4n) is 1.88. The van der Waals surface area contributed by atoms with Gasteiger partial charge in [0.1, 0.15) is 5.76 Å². The number of amides is 1. The molecule has 120 valence electrons. The maximum absolute atomic E-state index is 11.9. The summed E-state index contributed by atoms with van der Waals surface area (Å²) in [5.41, 5.74) is 0.916. The monoisotopic (exact) mass is 322 g/mol. The zero-order chi connectivity index (χ0) is 16.3. The molecule has 0 bridgehead atoms. The second-order valence-corrected chi connectivity index (χ2v) is 6.59. The van der Waals surface area contributed by atoms with Gasteiger partial charge in [-0.05, 0) is 25.8 Å². The Labute approximate surface area is 134 Å². The zero-order valence-corrected chi connectivity index (χ0v) is 14.4. The first-order chi connectivity index (χ1) is 10.4. The van der Waals surface area contributed by atoms with E-state index in [1.54, 1.807) is 6.26 Å². The molecule has 1 unspecified atom stereocenters. The molecular formula is C15H22N4O2S. The highest BCUT2D eigenvalue weighted by atomic mass is 32.2. The summed E-state index contributed by atoms with van der Waals surface area (Å²) in [7, 11) is 1.89. The van der Waals surface area contributed by atoms with E-state index in [9.17, 15) is 4.79 Å². The molecular weight excluding hydrogens is 300 g/mol. The van der Waals surface area contributed by atoms with Crippen molar-refractivity contribution in [3.8, 4) is 11.4 Å². The highest BCUT2D eigenvalue weighted by Gasteiger charge is 2.16. The van der Waals surface area contributed by atoms with Gasteiger partial charge in [0.25, 0.3) is 0 Å². The van der Waals surface area contributed by atoms with Gasteiger partial charge in [0.2, 0.25) is 5.91 Å². The summed E-state index contributed by atoms with van der Waals surface area (Å²) in [6.07, 6.45) is 1.63. The van der Waals surface area contributed by atoms with Crippen molar-refractivity contribution in [1.29, 1.82) is 0 Å². The highest BCUT2D eigenvalue weighted by molar-refractivity contribution is 7.99. The fraction of sp³-hybridized carbons (Fsp3) is 0.533. The SMILES string of the molecule is Cc1occc1-c1nnc(SCC(=O)NC(C)C(C)C)n1C. The van der Waals surface area contributed by atoms with Crippen LogP contribution in [0, 0.1) is 12.8 Å². The number of thioether (sulfide) groups is 1. The van der Waals surface area contributed by atoms with Crippen molar-refractivity contribution < 1.29 is 9.21 Å². The van der Waals surface area contributed by atoms with E-state index in [0.29, 0.717) is 16.8 Å². The molecule has 1 atom stereocenters. The standard InChI is InChI=1S/C15H22N4O2S/c1-9(2)10(3)16-13(20)8-22-15-18-17-14(19(15)5)12-6-7-21-11(12)4/h6-7,9-10H,8H2,1-5H3,(H,16,20). The maximum Gasteiger partial charge on any atom is 0.230 e. The lowest BCUT2D eigenvalue weighted by molar-refractivity contribution is -0.119. The number of nitrogens with zero attached hydrogens (tertiary/aromatic N) is 3. The molecule has 1 N–H and O–H groups in total. The van der Waals surface area contributed by atoms with E-state index in [1.807, 2.05) is 31.5 Å². The third-order valence-electron chi connectivity index (χ3n) is 3.66. The number of nitrogens with one attached hydrogen (secondary N) is 1. The summed E-state index contributed by atoms with van der Waals surface area (Å²) in [5.74, 6) is 2.29. The number of aryl methyl sites for hydroxylation is 1. The summed E-state index contributed by atoms with van der Waals surface area (Å²) >= 11 is 1.38. The first kappa shape index (κ1) is 16.6. The Hall–Kier alpha value is -1.76. The molecule has 7 heteroatoms. The molecule has 2 aromatic heterocycles. The molecule has 0 aliphatic heterocycles. The van der Waals surface area contributed by atoms with Crippen LogP contribution in [0.3, 0.4) is 0 Å². The van der Waals surface area contributed by atoms with Crippen molar-refractivity contribution in [2.45, 2.75) is 38.9 Å². The Kier molecular flexibility index (Phi) is 5.28. The molecule has 0 aromatic carbocycles. The summed E-state index contributed by atoms with van der Waals surface area (Å²) in [4.78, 5) is 11.9. The van der Waals surface area contributed by atoms with Crippen LogP contribution in [-0.2, 0) is 11.8 Å². The van der Waals surface area contributed by atoms with E-state index >= 15 is 0 Å². The third kappa shape index (κ3) is 3.71. The van der Waals surface area contributed by atoms with Gasteiger partial charge in [0.15, 0.2) is 11.0 Å². The predicted molar refractivity (Wildman–Crippen MR) is 86.6 cm³/mol. The number of hydrogen-bond acceptors (Lipinski definition) is 5. The molecule has 0 aliphatic carbocycles. The summed E-state index contributed by atoms with van der Waals surface area (Å²) in [6, 6.07) is 2.03. The quantitative estimate of drug-likeness (QED) is 0.828. The number of carbonyl (C=O) groups excluding carboxylic acids is 1. The van der Waals surface area contributed by atoms with Crippen LogP contribution in [0.1, 0.15) is 26.5 Å². The van der Waals surface area contributed by atoms with Gasteiger partial charge in [-0.3, -0.25) is 4.79 Å². The number of rotatable bonds is 6. The van der Waals surface area contributed by atoms with Crippen molar-refractivity contribution in [1.82, 2.24) is 20.1 Å². The van der Waals surface area contributed by atoms with E-state index in [-0.39, 0.29) is 11.9 Å². The molecule has 22 heavy (non-hydrogen) atoms. The van der Waals surface area contributed by atoms with Gasteiger partial charge in [-0.25, -0.2) is 0 Å². The summed E-state index contributed by atoms with van der Waals surface area (Å²) in [6.45, 7) is 8.06. The smallest absolute Gasteiger partial charge is 0.230 e. The molecule has 2 aromatic rings. The summed E-state index contributed by atoms with van der Waals surface area (Å²) < 4.78 is 7.17. The Morgan fingerprint density at radius 3 is 2.73 bits per heavy atom. The van der Waals surface area contributed by atoms with Crippen molar-refractivity contribution in [2.24, 2.45) is 13.0 Å². The average Bonchev–Trinajstić information content (AvgIpc) is 3.02. The van der Waals surface area contributed by atoms with E-state index in [2.05, 4.69) is 29.4 Å². The van der Waals surface area contributed by atoms with Gasteiger partial charge < -0.3 is 14.3 Å². The lowest BCUT2D eigenvalue weighted by Crippen LogP contribution is -2.37. The van der Waals surface area contributed by atoms with Crippen molar-refractivity contribution in [3.05, 3.63) is 18.1 Å². The molecule has 2 heterocycles. The topological polar surface area (TPSA) is 72.9 Å². The Morgan fingerprint density at radius 2 is 2.14 bits per heavy atom. The Balaban J connectivity index is 1.99. The van der Waals surface area contributed by atoms with Crippen LogP contribution in [-0.4, -0.2) is 32.5 Å². The number of furan rings is 1. The maximum atomic E-state index is 11.9.